The Labute approximate surface area is 179 Å². The quantitative estimate of drug-likeness (QED) is 0.666. The maximum Gasteiger partial charge on any atom is 0.0829 e. The molecule has 0 radical (unpaired) electrons. The number of ether oxygens (including phenoxy) is 1. The van der Waals surface area contributed by atoms with E-state index in [1.807, 2.05) is 6.20 Å². The van der Waals surface area contributed by atoms with Gasteiger partial charge in [0, 0.05) is 51.0 Å². The highest BCUT2D eigenvalue weighted by Gasteiger charge is 2.44. The van der Waals surface area contributed by atoms with Gasteiger partial charge in [0.1, 0.15) is 0 Å². The zero-order valence-corrected chi connectivity index (χ0v) is 18.2. The summed E-state index contributed by atoms with van der Waals surface area (Å²) in [6.07, 6.45) is 13.7. The second-order valence-electron chi connectivity index (χ2n) is 10.1. The second kappa shape index (κ2) is 8.71. The monoisotopic (exact) mass is 410 g/mol. The summed E-state index contributed by atoms with van der Waals surface area (Å²) >= 11 is 0. The molecule has 5 rings (SSSR count). The van der Waals surface area contributed by atoms with Crippen LogP contribution >= 0.6 is 0 Å². The van der Waals surface area contributed by atoms with Gasteiger partial charge in [0.15, 0.2) is 0 Å². The van der Waals surface area contributed by atoms with Gasteiger partial charge < -0.3 is 4.74 Å². The van der Waals surface area contributed by atoms with Crippen molar-refractivity contribution in [1.29, 1.82) is 0 Å². The molecular weight excluding hydrogens is 376 g/mol. The number of fused-ring (bicyclic) bond motifs is 1. The second-order valence-corrected chi connectivity index (χ2v) is 10.1. The average molecular weight is 411 g/mol. The lowest BCUT2D eigenvalue weighted by atomic mass is 9.77. The van der Waals surface area contributed by atoms with Crippen molar-refractivity contribution in [3.05, 3.63) is 36.2 Å². The van der Waals surface area contributed by atoms with Crippen molar-refractivity contribution in [3.8, 4) is 0 Å². The van der Waals surface area contributed by atoms with Crippen molar-refractivity contribution in [2.24, 2.45) is 23.7 Å². The van der Waals surface area contributed by atoms with Crippen molar-refractivity contribution in [1.82, 2.24) is 29.9 Å². The van der Waals surface area contributed by atoms with E-state index in [9.17, 15) is 0 Å². The van der Waals surface area contributed by atoms with Crippen LogP contribution in [0.2, 0.25) is 0 Å². The van der Waals surface area contributed by atoms with Crippen molar-refractivity contribution in [3.63, 3.8) is 0 Å². The van der Waals surface area contributed by atoms with Gasteiger partial charge in [-0.1, -0.05) is 19.1 Å². The summed E-state index contributed by atoms with van der Waals surface area (Å²) in [4.78, 5) is 11.2. The minimum Gasteiger partial charge on any atom is -0.376 e. The van der Waals surface area contributed by atoms with Crippen molar-refractivity contribution in [2.75, 3.05) is 19.7 Å². The van der Waals surface area contributed by atoms with Crippen LogP contribution in [0.15, 0.2) is 24.8 Å². The third kappa shape index (κ3) is 4.72. The number of rotatable bonds is 8. The molecule has 4 atom stereocenters. The molecule has 0 spiro atoms. The molecule has 1 saturated heterocycles. The van der Waals surface area contributed by atoms with E-state index in [0.717, 1.165) is 62.8 Å². The van der Waals surface area contributed by atoms with Gasteiger partial charge in [0.2, 0.25) is 0 Å². The first-order valence-electron chi connectivity index (χ1n) is 11.6. The summed E-state index contributed by atoms with van der Waals surface area (Å²) in [5.41, 5.74) is 2.16. The van der Waals surface area contributed by atoms with Crippen LogP contribution in [0.1, 0.15) is 57.0 Å². The highest BCUT2D eigenvalue weighted by molar-refractivity contribution is 5.02. The minimum absolute atomic E-state index is 0.247. The SMILES string of the molecule is CC(C)Cc1cn([C@@H]2C[C@@H]3CN(Cc4cnccn4)C[C@@H]3C[C@H]2OCC2CC2)nn1. The number of hydrogen-bond acceptors (Lipinski definition) is 6. The topological polar surface area (TPSA) is 69.0 Å². The van der Waals surface area contributed by atoms with Crippen LogP contribution in [0.5, 0.6) is 0 Å². The lowest BCUT2D eigenvalue weighted by Gasteiger charge is -2.37. The highest BCUT2D eigenvalue weighted by atomic mass is 16.5. The standard InChI is InChI=1S/C23H34N6O/c1-16(2)7-20-14-29(27-26-20)22-8-18-11-28(13-21-10-24-5-6-25-21)12-19(18)9-23(22)30-15-17-3-4-17/h5-6,10,14,16-19,22-23H,3-4,7-9,11-13,15H2,1-2H3/t18-,19+,22-,23-/m1/s1. The molecule has 3 fully saturated rings. The van der Waals surface area contributed by atoms with E-state index < -0.39 is 0 Å². The van der Waals surface area contributed by atoms with E-state index in [1.54, 1.807) is 12.4 Å². The van der Waals surface area contributed by atoms with Crippen LogP contribution in [0.3, 0.4) is 0 Å². The lowest BCUT2D eigenvalue weighted by Crippen LogP contribution is -2.38. The van der Waals surface area contributed by atoms with Gasteiger partial charge in [-0.2, -0.15) is 0 Å². The van der Waals surface area contributed by atoms with Crippen LogP contribution in [-0.2, 0) is 17.7 Å². The summed E-state index contributed by atoms with van der Waals surface area (Å²) in [5.74, 6) is 2.76. The fourth-order valence-electron chi connectivity index (χ4n) is 5.25. The first kappa shape index (κ1) is 20.1. The van der Waals surface area contributed by atoms with Gasteiger partial charge >= 0.3 is 0 Å². The Morgan fingerprint density at radius 2 is 1.93 bits per heavy atom. The molecular formula is C23H34N6O. The van der Waals surface area contributed by atoms with Crippen molar-refractivity contribution < 1.29 is 4.74 Å². The Kier molecular flexibility index (Phi) is 5.83. The molecule has 7 heteroatoms. The third-order valence-corrected chi connectivity index (χ3v) is 6.92. The first-order chi connectivity index (χ1) is 14.6. The molecule has 2 aromatic rings. The average Bonchev–Trinajstić information content (AvgIpc) is 3.31. The molecule has 2 aliphatic carbocycles. The molecule has 3 aliphatic rings. The molecule has 30 heavy (non-hydrogen) atoms. The molecule has 162 valence electrons. The van der Waals surface area contributed by atoms with Gasteiger partial charge in [-0.25, -0.2) is 4.68 Å². The molecule has 3 heterocycles. The van der Waals surface area contributed by atoms with E-state index in [1.165, 1.54) is 12.8 Å². The van der Waals surface area contributed by atoms with Crippen LogP contribution < -0.4 is 0 Å². The molecule has 0 N–H and O–H groups in total. The molecule has 7 nitrogen and oxygen atoms in total. The van der Waals surface area contributed by atoms with Crippen LogP contribution in [0.25, 0.3) is 0 Å². The Morgan fingerprint density at radius 3 is 2.67 bits per heavy atom. The summed E-state index contributed by atoms with van der Waals surface area (Å²) in [5, 5.41) is 9.00. The third-order valence-electron chi connectivity index (χ3n) is 6.92. The largest absolute Gasteiger partial charge is 0.376 e. The predicted molar refractivity (Wildman–Crippen MR) is 114 cm³/mol. The van der Waals surface area contributed by atoms with Gasteiger partial charge in [-0.3, -0.25) is 14.9 Å². The first-order valence-corrected chi connectivity index (χ1v) is 11.6. The van der Waals surface area contributed by atoms with E-state index in [4.69, 9.17) is 4.74 Å². The lowest BCUT2D eigenvalue weighted by molar-refractivity contribution is -0.0375. The van der Waals surface area contributed by atoms with Crippen LogP contribution in [-0.4, -0.2) is 55.7 Å². The van der Waals surface area contributed by atoms with Crippen molar-refractivity contribution in [2.45, 2.75) is 64.6 Å². The molecule has 0 amide bonds. The maximum absolute atomic E-state index is 6.50. The molecule has 0 bridgehead atoms. The number of aromatic nitrogens is 5. The summed E-state index contributed by atoms with van der Waals surface area (Å²) < 4.78 is 8.62. The van der Waals surface area contributed by atoms with Crippen LogP contribution in [0, 0.1) is 23.7 Å². The summed E-state index contributed by atoms with van der Waals surface area (Å²) in [6.45, 7) is 8.52. The Balaban J connectivity index is 1.28. The normalized spacial score (nSPS) is 29.4. The smallest absolute Gasteiger partial charge is 0.0829 e. The zero-order chi connectivity index (χ0) is 20.5. The van der Waals surface area contributed by atoms with Gasteiger partial charge in [0.05, 0.1) is 23.5 Å². The fourth-order valence-corrected chi connectivity index (χ4v) is 5.25. The number of likely N-dealkylation sites (tertiary alicyclic amines) is 1. The Bertz CT molecular complexity index is 820. The molecule has 2 aromatic heterocycles. The predicted octanol–water partition coefficient (Wildman–Crippen LogP) is 3.14. The van der Waals surface area contributed by atoms with Gasteiger partial charge in [-0.15, -0.1) is 5.10 Å². The van der Waals surface area contributed by atoms with E-state index in [0.29, 0.717) is 23.8 Å². The zero-order valence-electron chi connectivity index (χ0n) is 18.2. The Hall–Kier alpha value is -1.86. The molecule has 0 aromatic carbocycles. The van der Waals surface area contributed by atoms with Crippen molar-refractivity contribution >= 4 is 0 Å². The van der Waals surface area contributed by atoms with E-state index in [2.05, 4.69) is 49.9 Å². The summed E-state index contributed by atoms with van der Waals surface area (Å²) in [7, 11) is 0. The van der Waals surface area contributed by atoms with E-state index >= 15 is 0 Å². The van der Waals surface area contributed by atoms with Gasteiger partial charge in [-0.05, 0) is 55.8 Å². The number of nitrogens with zero attached hydrogens (tertiary/aromatic N) is 6. The molecule has 1 aliphatic heterocycles. The molecule has 2 saturated carbocycles. The van der Waals surface area contributed by atoms with E-state index in [-0.39, 0.29) is 6.10 Å². The number of hydrogen-bond donors (Lipinski definition) is 0. The Morgan fingerprint density at radius 1 is 1.10 bits per heavy atom. The molecule has 0 unspecified atom stereocenters. The minimum atomic E-state index is 0.247. The van der Waals surface area contributed by atoms with Gasteiger partial charge in [0.25, 0.3) is 0 Å². The fraction of sp³-hybridized carbons (Fsp3) is 0.739. The highest BCUT2D eigenvalue weighted by Crippen LogP contribution is 2.43. The van der Waals surface area contributed by atoms with Crippen LogP contribution in [0.4, 0.5) is 0 Å². The maximum atomic E-state index is 6.50. The summed E-state index contributed by atoms with van der Waals surface area (Å²) in [6, 6.07) is 0.301.